The maximum absolute atomic E-state index is 12.6. The summed E-state index contributed by atoms with van der Waals surface area (Å²) in [5.41, 5.74) is 6.03. The van der Waals surface area contributed by atoms with Crippen molar-refractivity contribution in [1.82, 2.24) is 4.31 Å². The quantitative estimate of drug-likeness (QED) is 0.854. The summed E-state index contributed by atoms with van der Waals surface area (Å²) in [5, 5.41) is 0.381. The van der Waals surface area contributed by atoms with E-state index in [2.05, 4.69) is 13.8 Å². The van der Waals surface area contributed by atoms with Crippen molar-refractivity contribution in [3.8, 4) is 0 Å². The fraction of sp³-hybridized carbons (Fsp3) is 0.538. The molecule has 0 bridgehead atoms. The van der Waals surface area contributed by atoms with Crippen LogP contribution in [0.25, 0.3) is 0 Å². The molecule has 2 rings (SSSR count). The molecule has 0 aliphatic carbocycles. The summed E-state index contributed by atoms with van der Waals surface area (Å²) in [7, 11) is -3.55. The number of benzene rings is 1. The van der Waals surface area contributed by atoms with Gasteiger partial charge in [-0.15, -0.1) is 0 Å². The summed E-state index contributed by atoms with van der Waals surface area (Å²) in [6.07, 6.45) is 0.876. The number of piperidine rings is 1. The first-order valence-electron chi connectivity index (χ1n) is 6.37. The zero-order valence-electron chi connectivity index (χ0n) is 11.1. The van der Waals surface area contributed by atoms with Crippen LogP contribution in [0.1, 0.15) is 20.3 Å². The Morgan fingerprint density at radius 3 is 2.63 bits per heavy atom. The average molecular weight is 303 g/mol. The largest absolute Gasteiger partial charge is 0.398 e. The van der Waals surface area contributed by atoms with Gasteiger partial charge in [0, 0.05) is 18.1 Å². The molecule has 1 aliphatic heterocycles. The zero-order valence-corrected chi connectivity index (χ0v) is 12.7. The van der Waals surface area contributed by atoms with Crippen molar-refractivity contribution in [2.45, 2.75) is 25.2 Å². The van der Waals surface area contributed by atoms with E-state index in [1.165, 1.54) is 16.4 Å². The van der Waals surface area contributed by atoms with Gasteiger partial charge in [-0.05, 0) is 36.5 Å². The van der Waals surface area contributed by atoms with Gasteiger partial charge in [-0.2, -0.15) is 4.31 Å². The number of nitrogens with two attached hydrogens (primary N) is 1. The van der Waals surface area contributed by atoms with Crippen LogP contribution in [0.2, 0.25) is 5.02 Å². The Balaban J connectivity index is 2.35. The molecule has 2 unspecified atom stereocenters. The predicted octanol–water partition coefficient (Wildman–Crippen LogP) is 2.59. The first-order chi connectivity index (χ1) is 8.82. The summed E-state index contributed by atoms with van der Waals surface area (Å²) >= 11 is 5.88. The molecule has 0 spiro atoms. The van der Waals surface area contributed by atoms with E-state index >= 15 is 0 Å². The second-order valence-electron chi connectivity index (χ2n) is 5.29. The Hall–Kier alpha value is -0.780. The highest BCUT2D eigenvalue weighted by atomic mass is 35.5. The normalized spacial score (nSPS) is 25.4. The van der Waals surface area contributed by atoms with Crippen LogP contribution in [-0.2, 0) is 10.0 Å². The van der Waals surface area contributed by atoms with Crippen molar-refractivity contribution < 1.29 is 8.42 Å². The predicted molar refractivity (Wildman–Crippen MR) is 77.6 cm³/mol. The van der Waals surface area contributed by atoms with Gasteiger partial charge in [0.05, 0.1) is 5.69 Å². The lowest BCUT2D eigenvalue weighted by Crippen LogP contribution is -2.42. The van der Waals surface area contributed by atoms with E-state index in [1.54, 1.807) is 6.07 Å². The first-order valence-corrected chi connectivity index (χ1v) is 8.19. The van der Waals surface area contributed by atoms with Gasteiger partial charge in [0.15, 0.2) is 0 Å². The smallest absolute Gasteiger partial charge is 0.245 e. The molecule has 0 saturated carbocycles. The van der Waals surface area contributed by atoms with Crippen LogP contribution >= 0.6 is 11.6 Å². The Morgan fingerprint density at radius 2 is 2.00 bits per heavy atom. The minimum absolute atomic E-state index is 0.113. The van der Waals surface area contributed by atoms with E-state index in [-0.39, 0.29) is 10.6 Å². The third kappa shape index (κ3) is 2.88. The molecule has 1 aromatic rings. The summed E-state index contributed by atoms with van der Waals surface area (Å²) in [5.74, 6) is 0.895. The highest BCUT2D eigenvalue weighted by molar-refractivity contribution is 7.89. The van der Waals surface area contributed by atoms with Crippen molar-refractivity contribution in [3.63, 3.8) is 0 Å². The number of nitrogen functional groups attached to an aromatic ring is 1. The Kier molecular flexibility index (Phi) is 4.08. The van der Waals surface area contributed by atoms with Crippen LogP contribution in [-0.4, -0.2) is 25.8 Å². The van der Waals surface area contributed by atoms with E-state index in [1.807, 2.05) is 0 Å². The van der Waals surface area contributed by atoms with E-state index in [4.69, 9.17) is 17.3 Å². The molecule has 106 valence electrons. The molecule has 2 N–H and O–H groups in total. The maximum Gasteiger partial charge on any atom is 0.245 e. The number of nitrogens with zero attached hydrogens (tertiary/aromatic N) is 1. The fourth-order valence-corrected chi connectivity index (χ4v) is 4.25. The molecular weight excluding hydrogens is 284 g/mol. The number of halogens is 1. The molecule has 1 heterocycles. The number of rotatable bonds is 2. The minimum Gasteiger partial charge on any atom is -0.398 e. The van der Waals surface area contributed by atoms with Crippen LogP contribution in [0.5, 0.6) is 0 Å². The van der Waals surface area contributed by atoms with E-state index in [0.29, 0.717) is 29.9 Å². The van der Waals surface area contributed by atoms with Gasteiger partial charge in [-0.1, -0.05) is 25.4 Å². The molecule has 0 amide bonds. The molecule has 1 fully saturated rings. The molecule has 1 saturated heterocycles. The van der Waals surface area contributed by atoms with Crippen molar-refractivity contribution in [3.05, 3.63) is 23.2 Å². The molecule has 19 heavy (non-hydrogen) atoms. The van der Waals surface area contributed by atoms with E-state index in [0.717, 1.165) is 6.42 Å². The Labute approximate surface area is 119 Å². The zero-order chi connectivity index (χ0) is 14.2. The number of sulfonamides is 1. The summed E-state index contributed by atoms with van der Waals surface area (Å²) in [6, 6.07) is 4.55. The van der Waals surface area contributed by atoms with Gasteiger partial charge in [-0.25, -0.2) is 8.42 Å². The molecule has 6 heteroatoms. The monoisotopic (exact) mass is 302 g/mol. The topological polar surface area (TPSA) is 63.4 Å². The van der Waals surface area contributed by atoms with Crippen LogP contribution in [0.15, 0.2) is 23.1 Å². The second-order valence-corrected chi connectivity index (χ2v) is 7.63. The van der Waals surface area contributed by atoms with Gasteiger partial charge in [0.2, 0.25) is 10.0 Å². The number of hydrogen-bond donors (Lipinski definition) is 1. The molecule has 1 aromatic carbocycles. The van der Waals surface area contributed by atoms with Crippen LogP contribution in [0.4, 0.5) is 5.69 Å². The van der Waals surface area contributed by atoms with Crippen LogP contribution in [0.3, 0.4) is 0 Å². The summed E-state index contributed by atoms with van der Waals surface area (Å²) < 4.78 is 26.7. The van der Waals surface area contributed by atoms with Crippen molar-refractivity contribution in [1.29, 1.82) is 0 Å². The average Bonchev–Trinajstić information content (AvgIpc) is 2.35. The number of anilines is 1. The van der Waals surface area contributed by atoms with Crippen molar-refractivity contribution >= 4 is 27.3 Å². The SMILES string of the molecule is CC1CCN(S(=O)(=O)c2cc(Cl)ccc2N)CC1C. The van der Waals surface area contributed by atoms with Gasteiger partial charge in [0.1, 0.15) is 4.90 Å². The first kappa shape index (κ1) is 14.6. The van der Waals surface area contributed by atoms with Crippen molar-refractivity contribution in [2.75, 3.05) is 18.8 Å². The highest BCUT2D eigenvalue weighted by Gasteiger charge is 2.32. The van der Waals surface area contributed by atoms with Crippen LogP contribution < -0.4 is 5.73 Å². The lowest BCUT2D eigenvalue weighted by molar-refractivity contribution is 0.212. The minimum atomic E-state index is -3.55. The summed E-state index contributed by atoms with van der Waals surface area (Å²) in [6.45, 7) is 5.31. The van der Waals surface area contributed by atoms with E-state index < -0.39 is 10.0 Å². The molecule has 2 atom stereocenters. The van der Waals surface area contributed by atoms with Crippen molar-refractivity contribution in [2.24, 2.45) is 11.8 Å². The molecule has 4 nitrogen and oxygen atoms in total. The van der Waals surface area contributed by atoms with Gasteiger partial charge in [-0.3, -0.25) is 0 Å². The van der Waals surface area contributed by atoms with Crippen LogP contribution in [0, 0.1) is 11.8 Å². The third-order valence-corrected chi connectivity index (χ3v) is 6.05. The number of hydrogen-bond acceptors (Lipinski definition) is 3. The van der Waals surface area contributed by atoms with E-state index in [9.17, 15) is 8.42 Å². The highest BCUT2D eigenvalue weighted by Crippen LogP contribution is 2.30. The van der Waals surface area contributed by atoms with Gasteiger partial charge < -0.3 is 5.73 Å². The lowest BCUT2D eigenvalue weighted by Gasteiger charge is -2.34. The fourth-order valence-electron chi connectivity index (χ4n) is 2.31. The Bertz CT molecular complexity index is 574. The maximum atomic E-state index is 12.6. The molecular formula is C13H19ClN2O2S. The Morgan fingerprint density at radius 1 is 1.32 bits per heavy atom. The molecule has 1 aliphatic rings. The second kappa shape index (κ2) is 5.31. The van der Waals surface area contributed by atoms with Gasteiger partial charge in [0.25, 0.3) is 0 Å². The summed E-state index contributed by atoms with van der Waals surface area (Å²) in [4.78, 5) is 0.113. The molecule has 0 aromatic heterocycles. The standard InChI is InChI=1S/C13H19ClN2O2S/c1-9-5-6-16(8-10(9)2)19(17,18)13-7-11(14)3-4-12(13)15/h3-4,7,9-10H,5-6,8,15H2,1-2H3. The van der Waals surface area contributed by atoms with Gasteiger partial charge >= 0.3 is 0 Å². The lowest BCUT2D eigenvalue weighted by atomic mass is 9.90. The molecule has 0 radical (unpaired) electrons. The third-order valence-electron chi connectivity index (χ3n) is 3.89.